The van der Waals surface area contributed by atoms with Crippen LogP contribution in [0.25, 0.3) is 0 Å². The highest BCUT2D eigenvalue weighted by Crippen LogP contribution is 1.89. The molecule has 10 heavy (non-hydrogen) atoms. The zero-order chi connectivity index (χ0) is 8.20. The van der Waals surface area contributed by atoms with Crippen molar-refractivity contribution >= 4 is 16.4 Å². The van der Waals surface area contributed by atoms with E-state index in [4.69, 9.17) is 0 Å². The summed E-state index contributed by atoms with van der Waals surface area (Å²) in [7, 11) is -0.0576. The lowest BCUT2D eigenvalue weighted by Crippen LogP contribution is -2.08. The molecule has 0 spiro atoms. The number of sulfonamides is 1. The van der Waals surface area contributed by atoms with Crippen molar-refractivity contribution in [3.63, 3.8) is 0 Å². The lowest BCUT2D eigenvalue weighted by atomic mass is 11.0. The first-order valence-electron chi connectivity index (χ1n) is 2.57. The van der Waals surface area contributed by atoms with Gasteiger partial charge in [0.25, 0.3) is 10.0 Å². The fraction of sp³-hybridized carbons (Fsp3) is 0.400. The molecule has 0 rings (SSSR count). The average Bonchev–Trinajstić information content (AvgIpc) is 1.85. The van der Waals surface area contributed by atoms with E-state index in [9.17, 15) is 8.42 Å². The largest absolute Gasteiger partial charge is 0.368 e. The summed E-state index contributed by atoms with van der Waals surface area (Å²) in [6, 6.07) is 0. The van der Waals surface area contributed by atoms with Gasteiger partial charge in [-0.2, -0.15) is 12.8 Å². The van der Waals surface area contributed by atoms with Crippen molar-refractivity contribution in [1.82, 2.24) is 4.90 Å². The molecule has 0 aromatic heterocycles. The van der Waals surface area contributed by atoms with Crippen LogP contribution in [-0.4, -0.2) is 33.8 Å². The van der Waals surface area contributed by atoms with Gasteiger partial charge in [-0.05, 0) is 0 Å². The Morgan fingerprint density at radius 1 is 1.50 bits per heavy atom. The molecule has 0 aliphatic rings. The van der Waals surface area contributed by atoms with E-state index < -0.39 is 10.0 Å². The van der Waals surface area contributed by atoms with Gasteiger partial charge in [-0.3, -0.25) is 0 Å². The molecule has 0 N–H and O–H groups in total. The molecule has 0 amide bonds. The van der Waals surface area contributed by atoms with Crippen LogP contribution in [0.5, 0.6) is 0 Å². The van der Waals surface area contributed by atoms with Gasteiger partial charge in [0.15, 0.2) is 0 Å². The minimum absolute atomic E-state index is 0.799. The Hall–Kier alpha value is -0.840. The SMILES string of the molecule is C=CS(=O)(=O)/N=C/N(C)C. The van der Waals surface area contributed by atoms with E-state index in [0.29, 0.717) is 0 Å². The molecular formula is C5H10N2O2S. The molecule has 0 aromatic carbocycles. The first-order valence-corrected chi connectivity index (χ1v) is 4.07. The molecule has 0 saturated carbocycles. The zero-order valence-electron chi connectivity index (χ0n) is 5.98. The number of nitrogens with zero attached hydrogens (tertiary/aromatic N) is 2. The van der Waals surface area contributed by atoms with Gasteiger partial charge < -0.3 is 4.90 Å². The van der Waals surface area contributed by atoms with Crippen molar-refractivity contribution in [2.75, 3.05) is 14.1 Å². The normalized spacial score (nSPS) is 11.8. The maximum Gasteiger partial charge on any atom is 0.276 e. The Kier molecular flexibility index (Phi) is 3.08. The van der Waals surface area contributed by atoms with Crippen LogP contribution < -0.4 is 0 Å². The van der Waals surface area contributed by atoms with Gasteiger partial charge in [0.1, 0.15) is 6.34 Å². The molecule has 4 nitrogen and oxygen atoms in total. The van der Waals surface area contributed by atoms with Gasteiger partial charge in [-0.1, -0.05) is 6.58 Å². The van der Waals surface area contributed by atoms with Gasteiger partial charge >= 0.3 is 0 Å². The van der Waals surface area contributed by atoms with E-state index >= 15 is 0 Å². The number of rotatable bonds is 3. The van der Waals surface area contributed by atoms with Crippen LogP contribution in [0.2, 0.25) is 0 Å². The van der Waals surface area contributed by atoms with Crippen molar-refractivity contribution in [3.8, 4) is 0 Å². The molecule has 0 bridgehead atoms. The third kappa shape index (κ3) is 4.08. The Morgan fingerprint density at radius 3 is 2.30 bits per heavy atom. The summed E-state index contributed by atoms with van der Waals surface area (Å²) in [6.07, 6.45) is 1.21. The first-order chi connectivity index (χ1) is 4.48. The van der Waals surface area contributed by atoms with Crippen LogP contribution in [0.1, 0.15) is 0 Å². The maximum atomic E-state index is 10.6. The Bertz CT molecular complexity index is 228. The van der Waals surface area contributed by atoms with Crippen LogP contribution >= 0.6 is 0 Å². The summed E-state index contributed by atoms with van der Waals surface area (Å²) in [5.41, 5.74) is 0. The van der Waals surface area contributed by atoms with Gasteiger partial charge in [-0.15, -0.1) is 0 Å². The fourth-order valence-electron chi connectivity index (χ4n) is 0.203. The molecule has 0 saturated heterocycles. The molecule has 5 heteroatoms. The average molecular weight is 162 g/mol. The number of hydrogen-bond acceptors (Lipinski definition) is 2. The van der Waals surface area contributed by atoms with Gasteiger partial charge in [0.05, 0.1) is 0 Å². The van der Waals surface area contributed by atoms with E-state index in [0.717, 1.165) is 5.41 Å². The molecular weight excluding hydrogens is 152 g/mol. The van der Waals surface area contributed by atoms with E-state index in [-0.39, 0.29) is 0 Å². The van der Waals surface area contributed by atoms with Crippen molar-refractivity contribution in [1.29, 1.82) is 0 Å². The molecule has 0 aromatic rings. The van der Waals surface area contributed by atoms with E-state index in [2.05, 4.69) is 11.0 Å². The minimum atomic E-state index is -3.42. The summed E-state index contributed by atoms with van der Waals surface area (Å²) in [4.78, 5) is 1.53. The first kappa shape index (κ1) is 9.16. The molecule has 0 aliphatic heterocycles. The lowest BCUT2D eigenvalue weighted by Gasteiger charge is -1.99. The van der Waals surface area contributed by atoms with Crippen molar-refractivity contribution < 1.29 is 8.42 Å². The second-order valence-corrected chi connectivity index (χ2v) is 3.44. The molecule has 58 valence electrons. The molecule has 0 heterocycles. The summed E-state index contributed by atoms with van der Waals surface area (Å²) in [6.45, 7) is 3.09. The van der Waals surface area contributed by atoms with Gasteiger partial charge in [0.2, 0.25) is 0 Å². The molecule has 0 radical (unpaired) electrons. The maximum absolute atomic E-state index is 10.6. The van der Waals surface area contributed by atoms with Gasteiger partial charge in [-0.25, -0.2) is 0 Å². The molecule has 0 aliphatic carbocycles. The van der Waals surface area contributed by atoms with E-state index in [1.54, 1.807) is 14.1 Å². The van der Waals surface area contributed by atoms with Crippen LogP contribution in [0.15, 0.2) is 16.4 Å². The van der Waals surface area contributed by atoms with Crippen LogP contribution in [0.3, 0.4) is 0 Å². The van der Waals surface area contributed by atoms with Crippen LogP contribution in [0, 0.1) is 0 Å². The zero-order valence-corrected chi connectivity index (χ0v) is 6.80. The number of hydrogen-bond donors (Lipinski definition) is 0. The van der Waals surface area contributed by atoms with Crippen LogP contribution in [-0.2, 0) is 10.0 Å². The Labute approximate surface area is 60.9 Å². The lowest BCUT2D eigenvalue weighted by molar-refractivity contribution is 0.603. The summed E-state index contributed by atoms with van der Waals surface area (Å²) < 4.78 is 24.4. The summed E-state index contributed by atoms with van der Waals surface area (Å²) in [5.74, 6) is 0. The highest BCUT2D eigenvalue weighted by Gasteiger charge is 1.96. The smallest absolute Gasteiger partial charge is 0.276 e. The highest BCUT2D eigenvalue weighted by molar-refractivity contribution is 7.93. The predicted molar refractivity (Wildman–Crippen MR) is 41.3 cm³/mol. The molecule has 0 fully saturated rings. The van der Waals surface area contributed by atoms with E-state index in [1.807, 2.05) is 0 Å². The third-order valence-corrected chi connectivity index (χ3v) is 1.44. The Balaban J connectivity index is 4.29. The van der Waals surface area contributed by atoms with Crippen LogP contribution in [0.4, 0.5) is 0 Å². The molecule has 0 atom stereocenters. The van der Waals surface area contributed by atoms with Gasteiger partial charge in [0, 0.05) is 19.5 Å². The van der Waals surface area contributed by atoms with Crippen molar-refractivity contribution in [2.24, 2.45) is 4.40 Å². The third-order valence-electron chi connectivity index (χ3n) is 0.636. The standard InChI is InChI=1S/C5H10N2O2S/c1-4-10(8,9)6-5-7(2)3/h4-5H,1H2,2-3H3/b6-5+. The Morgan fingerprint density at radius 2 is 2.00 bits per heavy atom. The fourth-order valence-corrected chi connectivity index (χ4v) is 0.609. The minimum Gasteiger partial charge on any atom is -0.368 e. The summed E-state index contributed by atoms with van der Waals surface area (Å²) >= 11 is 0. The highest BCUT2D eigenvalue weighted by atomic mass is 32.2. The second-order valence-electron chi connectivity index (χ2n) is 1.87. The second kappa shape index (κ2) is 3.36. The topological polar surface area (TPSA) is 49.7 Å². The monoisotopic (exact) mass is 162 g/mol. The van der Waals surface area contributed by atoms with E-state index in [1.165, 1.54) is 11.2 Å². The predicted octanol–water partition coefficient (Wildman–Crippen LogP) is 0.0496. The van der Waals surface area contributed by atoms with Crippen molar-refractivity contribution in [2.45, 2.75) is 0 Å². The quantitative estimate of drug-likeness (QED) is 0.435. The molecule has 0 unspecified atom stereocenters. The van der Waals surface area contributed by atoms with Crippen molar-refractivity contribution in [3.05, 3.63) is 12.0 Å². The summed E-state index contributed by atoms with van der Waals surface area (Å²) in [5, 5.41) is 0.799.